The van der Waals surface area contributed by atoms with Crippen LogP contribution in [0, 0.1) is 0 Å². The van der Waals surface area contributed by atoms with Crippen molar-refractivity contribution in [1.29, 1.82) is 0 Å². The molecule has 27 heavy (non-hydrogen) atoms. The Morgan fingerprint density at radius 2 is 2.11 bits per heavy atom. The van der Waals surface area contributed by atoms with Gasteiger partial charge in [0.1, 0.15) is 17.6 Å². The molecule has 0 radical (unpaired) electrons. The van der Waals surface area contributed by atoms with Gasteiger partial charge in [-0.1, -0.05) is 6.07 Å². The van der Waals surface area contributed by atoms with Crippen LogP contribution in [0.25, 0.3) is 17.4 Å². The fourth-order valence-electron chi connectivity index (χ4n) is 2.64. The third-order valence-electron chi connectivity index (χ3n) is 4.05. The van der Waals surface area contributed by atoms with Crippen LogP contribution in [-0.2, 0) is 4.79 Å². The van der Waals surface area contributed by atoms with Crippen molar-refractivity contribution in [1.82, 2.24) is 5.32 Å². The number of aliphatic hydroxyl groups excluding tert-OH is 1. The summed E-state index contributed by atoms with van der Waals surface area (Å²) in [5.74, 6) is 2.15. The molecular formula is C20H17NO5S. The summed E-state index contributed by atoms with van der Waals surface area (Å²) in [5.41, 5.74) is 1.79. The molecule has 0 saturated carbocycles. The molecule has 0 aliphatic carbocycles. The number of thiophene rings is 1. The third kappa shape index (κ3) is 4.05. The first-order valence-electron chi connectivity index (χ1n) is 8.35. The summed E-state index contributed by atoms with van der Waals surface area (Å²) >= 11 is 1.57. The van der Waals surface area contributed by atoms with Crippen LogP contribution in [0.15, 0.2) is 57.7 Å². The van der Waals surface area contributed by atoms with E-state index in [1.54, 1.807) is 35.6 Å². The third-order valence-corrected chi connectivity index (χ3v) is 4.74. The van der Waals surface area contributed by atoms with Gasteiger partial charge in [-0.3, -0.25) is 4.79 Å². The quantitative estimate of drug-likeness (QED) is 0.636. The molecule has 138 valence electrons. The average Bonchev–Trinajstić information content (AvgIpc) is 3.44. The summed E-state index contributed by atoms with van der Waals surface area (Å²) < 4.78 is 16.2. The van der Waals surface area contributed by atoms with Crippen LogP contribution in [0.1, 0.15) is 17.4 Å². The molecule has 1 unspecified atom stereocenters. The molecule has 6 nitrogen and oxygen atoms in total. The Kier molecular flexibility index (Phi) is 4.95. The highest BCUT2D eigenvalue weighted by Crippen LogP contribution is 2.32. The Morgan fingerprint density at radius 3 is 2.96 bits per heavy atom. The van der Waals surface area contributed by atoms with Crippen molar-refractivity contribution in [2.75, 3.05) is 13.3 Å². The molecule has 0 fully saturated rings. The number of hydrogen-bond donors (Lipinski definition) is 2. The van der Waals surface area contributed by atoms with Gasteiger partial charge < -0.3 is 24.3 Å². The molecule has 1 aromatic carbocycles. The molecule has 3 heterocycles. The predicted octanol–water partition coefficient (Wildman–Crippen LogP) is 3.60. The van der Waals surface area contributed by atoms with Gasteiger partial charge in [-0.05, 0) is 47.4 Å². The lowest BCUT2D eigenvalue weighted by molar-refractivity contribution is -0.116. The Labute approximate surface area is 159 Å². The summed E-state index contributed by atoms with van der Waals surface area (Å²) in [4.78, 5) is 12.0. The van der Waals surface area contributed by atoms with Gasteiger partial charge >= 0.3 is 0 Å². The van der Waals surface area contributed by atoms with Crippen LogP contribution in [0.5, 0.6) is 11.5 Å². The highest BCUT2D eigenvalue weighted by atomic mass is 32.1. The largest absolute Gasteiger partial charge is 0.458 e. The maximum absolute atomic E-state index is 12.0. The first-order valence-corrected chi connectivity index (χ1v) is 9.29. The molecule has 1 aliphatic rings. The molecule has 0 saturated heterocycles. The van der Waals surface area contributed by atoms with E-state index in [4.69, 9.17) is 13.9 Å². The van der Waals surface area contributed by atoms with E-state index in [0.29, 0.717) is 23.0 Å². The minimum Gasteiger partial charge on any atom is -0.458 e. The van der Waals surface area contributed by atoms with Gasteiger partial charge in [-0.15, -0.1) is 0 Å². The average molecular weight is 383 g/mol. The highest BCUT2D eigenvalue weighted by Gasteiger charge is 2.15. The van der Waals surface area contributed by atoms with E-state index in [1.807, 2.05) is 29.0 Å². The van der Waals surface area contributed by atoms with Gasteiger partial charge in [-0.2, -0.15) is 11.3 Å². The maximum atomic E-state index is 12.0. The zero-order valence-electron chi connectivity index (χ0n) is 14.3. The lowest BCUT2D eigenvalue weighted by Crippen LogP contribution is -2.26. The molecule has 1 atom stereocenters. The van der Waals surface area contributed by atoms with Crippen LogP contribution in [0.3, 0.4) is 0 Å². The molecule has 1 aliphatic heterocycles. The van der Waals surface area contributed by atoms with Crippen LogP contribution in [0.4, 0.5) is 0 Å². The Hall–Kier alpha value is -3.03. The van der Waals surface area contributed by atoms with Crippen molar-refractivity contribution in [3.8, 4) is 22.8 Å². The monoisotopic (exact) mass is 383 g/mol. The van der Waals surface area contributed by atoms with Crippen molar-refractivity contribution in [3.05, 3.63) is 64.6 Å². The van der Waals surface area contributed by atoms with Gasteiger partial charge in [0.2, 0.25) is 12.7 Å². The van der Waals surface area contributed by atoms with Gasteiger partial charge in [0.15, 0.2) is 11.5 Å². The number of rotatable bonds is 6. The van der Waals surface area contributed by atoms with E-state index in [9.17, 15) is 9.90 Å². The lowest BCUT2D eigenvalue weighted by atomic mass is 10.2. The number of fused-ring (bicyclic) bond motifs is 1. The Balaban J connectivity index is 1.31. The number of aliphatic hydroxyl groups is 1. The molecule has 3 aromatic rings. The SMILES string of the molecule is O=C(C=Cc1ccc2c(c1)OCO2)NCC(O)c1ccc(-c2ccsc2)o1. The molecule has 7 heteroatoms. The van der Waals surface area contributed by atoms with E-state index in [2.05, 4.69) is 5.32 Å². The first kappa shape index (κ1) is 17.4. The summed E-state index contributed by atoms with van der Waals surface area (Å²) in [7, 11) is 0. The molecule has 2 N–H and O–H groups in total. The van der Waals surface area contributed by atoms with Gasteiger partial charge in [0, 0.05) is 17.0 Å². The minimum absolute atomic E-state index is 0.0565. The minimum atomic E-state index is -0.916. The van der Waals surface area contributed by atoms with Crippen molar-refractivity contribution in [2.24, 2.45) is 0 Å². The summed E-state index contributed by atoms with van der Waals surface area (Å²) in [6, 6.07) is 10.9. The number of amides is 1. The molecular weight excluding hydrogens is 366 g/mol. The fourth-order valence-corrected chi connectivity index (χ4v) is 3.28. The Morgan fingerprint density at radius 1 is 1.22 bits per heavy atom. The second-order valence-electron chi connectivity index (χ2n) is 5.92. The maximum Gasteiger partial charge on any atom is 0.244 e. The van der Waals surface area contributed by atoms with Crippen LogP contribution in [-0.4, -0.2) is 24.4 Å². The van der Waals surface area contributed by atoms with Gasteiger partial charge in [0.25, 0.3) is 0 Å². The number of ether oxygens (including phenoxy) is 2. The van der Waals surface area contributed by atoms with Crippen molar-refractivity contribution < 1.29 is 23.8 Å². The topological polar surface area (TPSA) is 80.9 Å². The smallest absolute Gasteiger partial charge is 0.244 e. The van der Waals surface area contributed by atoms with Crippen LogP contribution < -0.4 is 14.8 Å². The van der Waals surface area contributed by atoms with Crippen LogP contribution in [0.2, 0.25) is 0 Å². The second kappa shape index (κ2) is 7.69. The zero-order chi connectivity index (χ0) is 18.6. The standard InChI is InChI=1S/C20H17NO5S/c22-15(17-5-4-16(26-17)14-7-8-27-11-14)10-21-20(23)6-2-13-1-3-18-19(9-13)25-12-24-18/h1-9,11,15,22H,10,12H2,(H,21,23). The van der Waals surface area contributed by atoms with E-state index in [1.165, 1.54) is 6.08 Å². The number of furan rings is 1. The predicted molar refractivity (Wildman–Crippen MR) is 102 cm³/mol. The van der Waals surface area contributed by atoms with Gasteiger partial charge in [-0.25, -0.2) is 0 Å². The molecule has 0 spiro atoms. The first-order chi connectivity index (χ1) is 13.2. The molecule has 0 bridgehead atoms. The van der Waals surface area contributed by atoms with E-state index in [-0.39, 0.29) is 19.2 Å². The van der Waals surface area contributed by atoms with E-state index >= 15 is 0 Å². The number of nitrogens with one attached hydrogen (secondary N) is 1. The van der Waals surface area contributed by atoms with Crippen molar-refractivity contribution in [3.63, 3.8) is 0 Å². The Bertz CT molecular complexity index is 961. The number of carbonyl (C=O) groups excluding carboxylic acids is 1. The lowest BCUT2D eigenvalue weighted by Gasteiger charge is -2.08. The van der Waals surface area contributed by atoms with E-state index in [0.717, 1.165) is 11.1 Å². The summed E-state index contributed by atoms with van der Waals surface area (Å²) in [6.45, 7) is 0.267. The highest BCUT2D eigenvalue weighted by molar-refractivity contribution is 7.08. The van der Waals surface area contributed by atoms with Crippen LogP contribution >= 0.6 is 11.3 Å². The summed E-state index contributed by atoms with van der Waals surface area (Å²) in [5, 5.41) is 16.8. The van der Waals surface area contributed by atoms with E-state index < -0.39 is 6.10 Å². The number of benzene rings is 1. The van der Waals surface area contributed by atoms with Crippen molar-refractivity contribution >= 4 is 23.3 Å². The molecule has 4 rings (SSSR count). The summed E-state index contributed by atoms with van der Waals surface area (Å²) in [6.07, 6.45) is 2.16. The van der Waals surface area contributed by atoms with Gasteiger partial charge in [0.05, 0.1) is 6.54 Å². The molecule has 1 amide bonds. The second-order valence-corrected chi connectivity index (χ2v) is 6.70. The van der Waals surface area contributed by atoms with Crippen molar-refractivity contribution in [2.45, 2.75) is 6.10 Å². The zero-order valence-corrected chi connectivity index (χ0v) is 15.1. The fraction of sp³-hybridized carbons (Fsp3) is 0.150. The number of carbonyl (C=O) groups is 1. The molecule has 2 aromatic heterocycles. The number of hydrogen-bond acceptors (Lipinski definition) is 6. The normalized spacial score (nSPS) is 13.8.